The second-order valence-electron chi connectivity index (χ2n) is 7.08. The summed E-state index contributed by atoms with van der Waals surface area (Å²) >= 11 is 0. The molecule has 1 atom stereocenters. The van der Waals surface area contributed by atoms with E-state index in [2.05, 4.69) is 5.32 Å². The molecule has 3 rings (SSSR count). The van der Waals surface area contributed by atoms with Gasteiger partial charge in [-0.3, -0.25) is 9.59 Å². The van der Waals surface area contributed by atoms with Gasteiger partial charge in [-0.1, -0.05) is 30.3 Å². The Bertz CT molecular complexity index is 1010. The average molecular weight is 397 g/mol. The first kappa shape index (κ1) is 20.4. The summed E-state index contributed by atoms with van der Waals surface area (Å²) in [5, 5.41) is 13.9. The number of hydrogen-bond acceptors (Lipinski definition) is 5. The highest BCUT2D eigenvalue weighted by Crippen LogP contribution is 2.22. The number of benzene rings is 2. The summed E-state index contributed by atoms with van der Waals surface area (Å²) in [5.41, 5.74) is -1.05. The molecule has 0 radical (unpaired) electrons. The highest BCUT2D eigenvalue weighted by molar-refractivity contribution is 5.92. The maximum Gasteiger partial charge on any atom is 0.305 e. The lowest BCUT2D eigenvalue weighted by Crippen LogP contribution is -2.50. The molecule has 0 bridgehead atoms. The number of nitrogens with one attached hydrogen (secondary N) is 1. The molecule has 7 heteroatoms. The van der Waals surface area contributed by atoms with Crippen LogP contribution < -0.4 is 10.1 Å². The van der Waals surface area contributed by atoms with Gasteiger partial charge < -0.3 is 24.3 Å². The molecule has 2 N–H and O–H groups in total. The Labute approximate surface area is 168 Å². The molecule has 0 aliphatic heterocycles. The van der Waals surface area contributed by atoms with Crippen molar-refractivity contribution in [3.05, 3.63) is 66.1 Å². The Morgan fingerprint density at radius 1 is 1.10 bits per heavy atom. The smallest absolute Gasteiger partial charge is 0.305 e. The highest BCUT2D eigenvalue weighted by atomic mass is 16.5. The van der Waals surface area contributed by atoms with Crippen LogP contribution in [0.25, 0.3) is 10.8 Å². The van der Waals surface area contributed by atoms with Gasteiger partial charge in [0.05, 0.1) is 18.6 Å². The van der Waals surface area contributed by atoms with Gasteiger partial charge in [-0.15, -0.1) is 0 Å². The maximum absolute atomic E-state index is 12.5. The molecule has 0 fully saturated rings. The van der Waals surface area contributed by atoms with Crippen LogP contribution in [0.15, 0.2) is 59.0 Å². The number of aliphatic carboxylic acids is 1. The van der Waals surface area contributed by atoms with E-state index in [0.29, 0.717) is 11.5 Å². The zero-order chi connectivity index (χ0) is 20.9. The lowest BCUT2D eigenvalue weighted by atomic mass is 9.99. The Morgan fingerprint density at radius 2 is 1.86 bits per heavy atom. The van der Waals surface area contributed by atoms with E-state index in [-0.39, 0.29) is 25.4 Å². The van der Waals surface area contributed by atoms with Crippen LogP contribution in [0.1, 0.15) is 29.7 Å². The summed E-state index contributed by atoms with van der Waals surface area (Å²) in [6, 6.07) is 16.9. The number of carbonyl (C=O) groups excluding carboxylic acids is 1. The van der Waals surface area contributed by atoms with Crippen molar-refractivity contribution in [1.29, 1.82) is 0 Å². The van der Waals surface area contributed by atoms with Gasteiger partial charge in [0.25, 0.3) is 5.91 Å². The molecule has 7 nitrogen and oxygen atoms in total. The number of ether oxygens (including phenoxy) is 2. The van der Waals surface area contributed by atoms with Gasteiger partial charge in [0.2, 0.25) is 0 Å². The zero-order valence-electron chi connectivity index (χ0n) is 16.3. The third kappa shape index (κ3) is 5.36. The number of carboxylic acids is 1. The topological polar surface area (TPSA) is 98.0 Å². The Balaban J connectivity index is 1.63. The summed E-state index contributed by atoms with van der Waals surface area (Å²) < 4.78 is 16.4. The van der Waals surface area contributed by atoms with Gasteiger partial charge in [-0.2, -0.15) is 0 Å². The molecule has 0 saturated carbocycles. The molecule has 0 saturated heterocycles. The van der Waals surface area contributed by atoms with E-state index in [9.17, 15) is 9.59 Å². The molecule has 0 aliphatic carbocycles. The number of amides is 1. The number of carboxylic acid groups (broad SMARTS) is 1. The first-order chi connectivity index (χ1) is 13.9. The first-order valence-corrected chi connectivity index (χ1v) is 9.12. The third-order valence-corrected chi connectivity index (χ3v) is 4.41. The van der Waals surface area contributed by atoms with Crippen LogP contribution in [-0.2, 0) is 16.1 Å². The van der Waals surface area contributed by atoms with E-state index >= 15 is 0 Å². The van der Waals surface area contributed by atoms with Gasteiger partial charge in [-0.25, -0.2) is 0 Å². The van der Waals surface area contributed by atoms with E-state index in [0.717, 1.165) is 10.8 Å². The molecule has 2 aromatic carbocycles. The quantitative estimate of drug-likeness (QED) is 0.572. The van der Waals surface area contributed by atoms with E-state index in [4.69, 9.17) is 19.0 Å². The number of fused-ring (bicyclic) bond motifs is 1. The molecule has 0 spiro atoms. The second-order valence-corrected chi connectivity index (χ2v) is 7.08. The minimum atomic E-state index is -1.05. The maximum atomic E-state index is 12.5. The van der Waals surface area contributed by atoms with Crippen molar-refractivity contribution in [3.63, 3.8) is 0 Å². The second kappa shape index (κ2) is 8.79. The van der Waals surface area contributed by atoms with Crippen LogP contribution in [-0.4, -0.2) is 36.2 Å². The molecule has 152 valence electrons. The van der Waals surface area contributed by atoms with Crippen LogP contribution in [0.4, 0.5) is 0 Å². The summed E-state index contributed by atoms with van der Waals surface area (Å²) in [6.07, 6.45) is -0.273. The van der Waals surface area contributed by atoms with Gasteiger partial charge >= 0.3 is 5.97 Å². The molecule has 1 aromatic heterocycles. The molecule has 1 amide bonds. The zero-order valence-corrected chi connectivity index (χ0v) is 16.3. The van der Waals surface area contributed by atoms with E-state index in [1.54, 1.807) is 13.0 Å². The van der Waals surface area contributed by atoms with Crippen LogP contribution >= 0.6 is 0 Å². The number of carbonyl (C=O) groups is 2. The summed E-state index contributed by atoms with van der Waals surface area (Å²) in [4.78, 5) is 23.5. The number of hydrogen-bond donors (Lipinski definition) is 2. The number of methoxy groups -OCH3 is 1. The molecule has 3 aromatic rings. The molecule has 29 heavy (non-hydrogen) atoms. The SMILES string of the molecule is COCC(C)(CC(=O)O)NC(=O)c1ccc(COc2ccc3ccccc3c2)o1. The Hall–Kier alpha value is -3.32. The van der Waals surface area contributed by atoms with E-state index < -0.39 is 17.4 Å². The summed E-state index contributed by atoms with van der Waals surface area (Å²) in [6.45, 7) is 1.83. The molecular weight excluding hydrogens is 374 g/mol. The van der Waals surface area contributed by atoms with Gasteiger partial charge in [-0.05, 0) is 42.0 Å². The first-order valence-electron chi connectivity index (χ1n) is 9.12. The summed E-state index contributed by atoms with van der Waals surface area (Å²) in [5.74, 6) is -0.290. The molecule has 0 aliphatic rings. The Morgan fingerprint density at radius 3 is 2.59 bits per heavy atom. The minimum absolute atomic E-state index is 0.0592. The summed E-state index contributed by atoms with van der Waals surface area (Å²) in [7, 11) is 1.45. The van der Waals surface area contributed by atoms with Gasteiger partial charge in [0.1, 0.15) is 18.1 Å². The monoisotopic (exact) mass is 397 g/mol. The Kier molecular flexibility index (Phi) is 6.19. The lowest BCUT2D eigenvalue weighted by Gasteiger charge is -2.27. The van der Waals surface area contributed by atoms with Crippen molar-refractivity contribution >= 4 is 22.6 Å². The lowest BCUT2D eigenvalue weighted by molar-refractivity contribution is -0.139. The minimum Gasteiger partial charge on any atom is -0.486 e. The van der Waals surface area contributed by atoms with Gasteiger partial charge in [0.15, 0.2) is 5.76 Å². The van der Waals surface area contributed by atoms with Crippen molar-refractivity contribution in [2.45, 2.75) is 25.5 Å². The van der Waals surface area contributed by atoms with Crippen LogP contribution in [0.5, 0.6) is 5.75 Å². The van der Waals surface area contributed by atoms with Crippen molar-refractivity contribution in [2.75, 3.05) is 13.7 Å². The number of furan rings is 1. The van der Waals surface area contributed by atoms with Crippen molar-refractivity contribution in [3.8, 4) is 5.75 Å². The van der Waals surface area contributed by atoms with Crippen molar-refractivity contribution in [2.24, 2.45) is 0 Å². The highest BCUT2D eigenvalue weighted by Gasteiger charge is 2.30. The van der Waals surface area contributed by atoms with Crippen molar-refractivity contribution in [1.82, 2.24) is 5.32 Å². The fourth-order valence-corrected chi connectivity index (χ4v) is 3.11. The number of rotatable bonds is 9. The fraction of sp³-hybridized carbons (Fsp3) is 0.273. The average Bonchev–Trinajstić information content (AvgIpc) is 3.15. The van der Waals surface area contributed by atoms with Crippen LogP contribution in [0, 0.1) is 0 Å². The predicted octanol–water partition coefficient (Wildman–Crippen LogP) is 3.62. The van der Waals surface area contributed by atoms with Crippen LogP contribution in [0.3, 0.4) is 0 Å². The molecular formula is C22H23NO6. The van der Waals surface area contributed by atoms with E-state index in [1.165, 1.54) is 13.2 Å². The van der Waals surface area contributed by atoms with Gasteiger partial charge in [0, 0.05) is 7.11 Å². The van der Waals surface area contributed by atoms with E-state index in [1.807, 2.05) is 42.5 Å². The molecule has 1 heterocycles. The predicted molar refractivity (Wildman–Crippen MR) is 107 cm³/mol. The normalized spacial score (nSPS) is 13.0. The van der Waals surface area contributed by atoms with Crippen molar-refractivity contribution < 1.29 is 28.6 Å². The van der Waals surface area contributed by atoms with Crippen LogP contribution in [0.2, 0.25) is 0 Å². The fourth-order valence-electron chi connectivity index (χ4n) is 3.11. The standard InChI is InChI=1S/C22H23NO6/c1-22(14-27-2,12-20(24)25)23-21(26)19-10-9-18(29-19)13-28-17-8-7-15-5-3-4-6-16(15)11-17/h3-11H,12-14H2,1-2H3,(H,23,26)(H,24,25). The largest absolute Gasteiger partial charge is 0.486 e. The molecule has 1 unspecified atom stereocenters. The third-order valence-electron chi connectivity index (χ3n) is 4.41.